The Labute approximate surface area is 188 Å². The van der Waals surface area contributed by atoms with E-state index < -0.39 is 17.9 Å². The van der Waals surface area contributed by atoms with E-state index >= 15 is 0 Å². The van der Waals surface area contributed by atoms with Crippen molar-refractivity contribution in [3.63, 3.8) is 0 Å². The monoisotopic (exact) mass is 533 g/mol. The van der Waals surface area contributed by atoms with Gasteiger partial charge in [-0.3, -0.25) is 19.7 Å². The molecule has 0 aromatic heterocycles. The van der Waals surface area contributed by atoms with Crippen LogP contribution < -0.4 is 15.4 Å². The lowest BCUT2D eigenvalue weighted by atomic mass is 10.1. The van der Waals surface area contributed by atoms with E-state index in [0.717, 1.165) is 3.57 Å². The van der Waals surface area contributed by atoms with E-state index in [1.165, 1.54) is 0 Å². The van der Waals surface area contributed by atoms with Crippen molar-refractivity contribution in [2.24, 2.45) is 0 Å². The van der Waals surface area contributed by atoms with E-state index in [1.54, 1.807) is 37.1 Å². The first-order valence-corrected chi connectivity index (χ1v) is 10.7. The number of piperazine rings is 1. The first-order chi connectivity index (χ1) is 13.8. The highest BCUT2D eigenvalue weighted by molar-refractivity contribution is 14.1. The summed E-state index contributed by atoms with van der Waals surface area (Å²) in [4.78, 5) is 38.6. The molecule has 2 atom stereocenters. The predicted molar refractivity (Wildman–Crippen MR) is 120 cm³/mol. The van der Waals surface area contributed by atoms with E-state index in [9.17, 15) is 14.4 Å². The third-order valence-corrected chi connectivity index (χ3v) is 5.67. The molecule has 29 heavy (non-hydrogen) atoms. The number of hydrogen-bond acceptors (Lipinski definition) is 6. The number of nitrogens with one attached hydrogen (secondary N) is 2. The molecule has 158 valence electrons. The molecule has 1 aliphatic heterocycles. The summed E-state index contributed by atoms with van der Waals surface area (Å²) in [7, 11) is 1.56. The van der Waals surface area contributed by atoms with Crippen molar-refractivity contribution < 1.29 is 23.9 Å². The van der Waals surface area contributed by atoms with Gasteiger partial charge in [0.2, 0.25) is 5.91 Å². The van der Waals surface area contributed by atoms with Gasteiger partial charge in [0.15, 0.2) is 5.11 Å². The Bertz CT molecular complexity index is 804. The van der Waals surface area contributed by atoms with E-state index in [2.05, 4.69) is 33.2 Å². The number of hydrogen-bond donors (Lipinski definition) is 2. The molecule has 0 aliphatic carbocycles. The van der Waals surface area contributed by atoms with Gasteiger partial charge >= 0.3 is 5.97 Å². The number of nitrogens with zero attached hydrogens (tertiary/aromatic N) is 1. The van der Waals surface area contributed by atoms with Gasteiger partial charge in [0, 0.05) is 18.7 Å². The first-order valence-electron chi connectivity index (χ1n) is 9.19. The highest BCUT2D eigenvalue weighted by atomic mass is 127. The van der Waals surface area contributed by atoms with Crippen LogP contribution in [0.25, 0.3) is 0 Å². The molecule has 0 bridgehead atoms. The second-order valence-electron chi connectivity index (χ2n) is 6.52. The summed E-state index contributed by atoms with van der Waals surface area (Å²) in [5.74, 6) is -0.544. The van der Waals surface area contributed by atoms with Crippen LogP contribution in [0.15, 0.2) is 18.2 Å². The third-order valence-electron chi connectivity index (χ3n) is 4.49. The van der Waals surface area contributed by atoms with Crippen LogP contribution in [0.5, 0.6) is 5.75 Å². The largest absolute Gasteiger partial charge is 0.496 e. The molecule has 0 saturated carbocycles. The summed E-state index contributed by atoms with van der Waals surface area (Å²) in [6.07, 6.45) is 0.306. The van der Waals surface area contributed by atoms with Gasteiger partial charge in [-0.15, -0.1) is 0 Å². The van der Waals surface area contributed by atoms with E-state index in [1.807, 2.05) is 6.92 Å². The number of carbonyl (C=O) groups is 3. The fourth-order valence-electron chi connectivity index (χ4n) is 2.72. The van der Waals surface area contributed by atoms with Crippen molar-refractivity contribution in [3.8, 4) is 5.75 Å². The maximum atomic E-state index is 12.6. The molecular weight excluding hydrogens is 509 g/mol. The molecule has 1 aromatic rings. The summed E-state index contributed by atoms with van der Waals surface area (Å²) in [5.41, 5.74) is 0.409. The Balaban J connectivity index is 2.08. The molecule has 2 N–H and O–H groups in total. The number of methoxy groups -OCH3 is 1. The first kappa shape index (κ1) is 23.3. The second kappa shape index (κ2) is 10.7. The molecular formula is C19H24IN3O5S. The smallest absolute Gasteiger partial charge is 0.308 e. The fourth-order valence-corrected chi connectivity index (χ4v) is 3.77. The number of halogens is 1. The third kappa shape index (κ3) is 6.26. The quantitative estimate of drug-likeness (QED) is 0.328. The number of ether oxygens (including phenoxy) is 2. The van der Waals surface area contributed by atoms with Crippen molar-refractivity contribution in [1.82, 2.24) is 15.5 Å². The van der Waals surface area contributed by atoms with Crippen LogP contribution in [0.1, 0.15) is 37.0 Å². The second-order valence-corrected chi connectivity index (χ2v) is 8.07. The molecule has 1 saturated heterocycles. The lowest BCUT2D eigenvalue weighted by molar-refractivity contribution is -0.151. The van der Waals surface area contributed by atoms with Gasteiger partial charge in [-0.1, -0.05) is 6.92 Å². The molecule has 2 unspecified atom stereocenters. The van der Waals surface area contributed by atoms with Crippen molar-refractivity contribution in [2.75, 3.05) is 20.2 Å². The summed E-state index contributed by atoms with van der Waals surface area (Å²) in [6, 6.07) is 4.18. The molecule has 8 nitrogen and oxygen atoms in total. The fraction of sp³-hybridized carbons (Fsp3) is 0.474. The number of amides is 2. The Morgan fingerprint density at radius 3 is 2.79 bits per heavy atom. The van der Waals surface area contributed by atoms with Gasteiger partial charge in [0.05, 0.1) is 23.2 Å². The van der Waals surface area contributed by atoms with Crippen LogP contribution in [-0.4, -0.2) is 60.1 Å². The van der Waals surface area contributed by atoms with Crippen LogP contribution in [0.4, 0.5) is 0 Å². The lowest BCUT2D eigenvalue weighted by Gasteiger charge is -2.36. The van der Waals surface area contributed by atoms with Gasteiger partial charge in [-0.2, -0.15) is 0 Å². The van der Waals surface area contributed by atoms with Crippen LogP contribution in [0, 0.1) is 3.57 Å². The van der Waals surface area contributed by atoms with Gasteiger partial charge < -0.3 is 19.7 Å². The molecule has 0 spiro atoms. The SMILES string of the molecule is CCC(C)OC(=O)CC1C(=O)NCCN1C(=S)NC(=O)c1ccc(OC)c(I)c1. The summed E-state index contributed by atoms with van der Waals surface area (Å²) in [5, 5.41) is 5.46. The molecule has 2 amide bonds. The van der Waals surface area contributed by atoms with E-state index in [-0.39, 0.29) is 23.5 Å². The number of benzene rings is 1. The highest BCUT2D eigenvalue weighted by Gasteiger charge is 2.34. The topological polar surface area (TPSA) is 97.0 Å². The van der Waals surface area contributed by atoms with Crippen molar-refractivity contribution >= 4 is 57.7 Å². The van der Waals surface area contributed by atoms with Gasteiger partial charge in [0.25, 0.3) is 5.91 Å². The van der Waals surface area contributed by atoms with E-state index in [4.69, 9.17) is 21.7 Å². The maximum Gasteiger partial charge on any atom is 0.308 e. The molecule has 1 heterocycles. The number of thiocarbonyl (C=S) groups is 1. The number of esters is 1. The van der Waals surface area contributed by atoms with Gasteiger partial charge in [0.1, 0.15) is 11.8 Å². The maximum absolute atomic E-state index is 12.6. The standard InChI is InChI=1S/C19H24IN3O5S/c1-4-11(2)28-16(24)10-14-18(26)21-7-8-23(14)19(29)22-17(25)12-5-6-15(27-3)13(20)9-12/h5-6,9,11,14H,4,7-8,10H2,1-3H3,(H,21,26)(H,22,25,29). The lowest BCUT2D eigenvalue weighted by Crippen LogP contribution is -2.60. The van der Waals surface area contributed by atoms with Crippen LogP contribution in [0.2, 0.25) is 0 Å². The van der Waals surface area contributed by atoms with Crippen molar-refractivity contribution in [1.29, 1.82) is 0 Å². The van der Waals surface area contributed by atoms with Crippen LogP contribution >= 0.6 is 34.8 Å². The molecule has 10 heteroatoms. The normalized spacial score (nSPS) is 17.2. The van der Waals surface area contributed by atoms with Gasteiger partial charge in [-0.05, 0) is 66.4 Å². The minimum atomic E-state index is -0.830. The Morgan fingerprint density at radius 1 is 1.45 bits per heavy atom. The molecule has 1 aliphatic rings. The van der Waals surface area contributed by atoms with E-state index in [0.29, 0.717) is 30.8 Å². The average Bonchev–Trinajstić information content (AvgIpc) is 2.69. The zero-order valence-corrected chi connectivity index (χ0v) is 19.5. The zero-order valence-electron chi connectivity index (χ0n) is 16.5. The van der Waals surface area contributed by atoms with Crippen molar-refractivity contribution in [3.05, 3.63) is 27.3 Å². The summed E-state index contributed by atoms with van der Waals surface area (Å²) < 4.78 is 11.3. The molecule has 1 fully saturated rings. The minimum Gasteiger partial charge on any atom is -0.496 e. The Morgan fingerprint density at radius 2 is 2.17 bits per heavy atom. The van der Waals surface area contributed by atoms with Crippen LogP contribution in [-0.2, 0) is 14.3 Å². The Kier molecular flexibility index (Phi) is 8.62. The molecule has 0 radical (unpaired) electrons. The summed E-state index contributed by atoms with van der Waals surface area (Å²) in [6.45, 7) is 4.44. The molecule has 2 rings (SSSR count). The van der Waals surface area contributed by atoms with Crippen molar-refractivity contribution in [2.45, 2.75) is 38.8 Å². The number of carbonyl (C=O) groups excluding carboxylic acids is 3. The summed E-state index contributed by atoms with van der Waals surface area (Å²) >= 11 is 7.44. The highest BCUT2D eigenvalue weighted by Crippen LogP contribution is 2.21. The zero-order chi connectivity index (χ0) is 21.6. The Hall–Kier alpha value is -1.95. The van der Waals surface area contributed by atoms with Crippen LogP contribution in [0.3, 0.4) is 0 Å². The minimum absolute atomic E-state index is 0.0945. The molecule has 1 aromatic carbocycles. The average molecular weight is 533 g/mol. The number of rotatable bonds is 6. The van der Waals surface area contributed by atoms with Gasteiger partial charge in [-0.25, -0.2) is 0 Å². The predicted octanol–water partition coefficient (Wildman–Crippen LogP) is 1.85.